The fourth-order valence-electron chi connectivity index (χ4n) is 4.18. The number of nitrogens with zero attached hydrogens (tertiary/aromatic N) is 3. The Hall–Kier alpha value is -2.50. The van der Waals surface area contributed by atoms with Crippen LogP contribution in [0.25, 0.3) is 0 Å². The largest absolute Gasteiger partial charge is 0.481 e. The molecule has 1 atom stereocenters. The molecule has 2 aliphatic heterocycles. The van der Waals surface area contributed by atoms with E-state index in [-0.39, 0.29) is 12.1 Å². The first-order valence-corrected chi connectivity index (χ1v) is 12.8. The number of fused-ring (bicyclic) bond motifs is 2. The van der Waals surface area contributed by atoms with Crippen LogP contribution in [0.15, 0.2) is 28.6 Å². The molecule has 1 aromatic heterocycles. The standard InChI is InChI=1S/C22H25ClN4O5S2/c1-21(2,17(28)29)12-33-16-9-24-18(34-16)25-19(30)27-11-22(6-7-26(10-22)20(31)32-3)14-8-13(23)4-5-15(14)27/h4-5,8-9H,6-7,10-12H2,1-3H3,(H,28,29)(H,24,25,30). The predicted molar refractivity (Wildman–Crippen MR) is 132 cm³/mol. The molecule has 0 radical (unpaired) electrons. The second-order valence-electron chi connectivity index (χ2n) is 9.06. The highest BCUT2D eigenvalue weighted by molar-refractivity contribution is 8.01. The van der Waals surface area contributed by atoms with Gasteiger partial charge < -0.3 is 14.7 Å². The van der Waals surface area contributed by atoms with Crippen molar-refractivity contribution in [3.63, 3.8) is 0 Å². The molecule has 1 fully saturated rings. The molecule has 182 valence electrons. The average molecular weight is 525 g/mol. The number of thiazole rings is 1. The molecule has 2 aliphatic rings. The van der Waals surface area contributed by atoms with Gasteiger partial charge >= 0.3 is 18.1 Å². The summed E-state index contributed by atoms with van der Waals surface area (Å²) in [5.41, 5.74) is 0.403. The molecule has 0 aliphatic carbocycles. The van der Waals surface area contributed by atoms with E-state index >= 15 is 0 Å². The van der Waals surface area contributed by atoms with Crippen LogP contribution in [0, 0.1) is 5.41 Å². The van der Waals surface area contributed by atoms with Gasteiger partial charge in [0.15, 0.2) is 5.13 Å². The number of aliphatic carboxylic acids is 1. The van der Waals surface area contributed by atoms with Gasteiger partial charge in [0.2, 0.25) is 0 Å². The van der Waals surface area contributed by atoms with E-state index < -0.39 is 16.8 Å². The normalized spacial score (nSPS) is 19.4. The fourth-order valence-corrected chi connectivity index (χ4v) is 6.30. The summed E-state index contributed by atoms with van der Waals surface area (Å²) in [5.74, 6) is -0.477. The fraction of sp³-hybridized carbons (Fsp3) is 0.455. The minimum atomic E-state index is -0.869. The maximum atomic E-state index is 13.2. The lowest BCUT2D eigenvalue weighted by Gasteiger charge is -2.25. The molecule has 1 unspecified atom stereocenters. The molecule has 0 saturated carbocycles. The van der Waals surface area contributed by atoms with E-state index in [1.54, 1.807) is 35.9 Å². The summed E-state index contributed by atoms with van der Waals surface area (Å²) in [6, 6.07) is 5.11. The van der Waals surface area contributed by atoms with E-state index in [1.165, 1.54) is 30.2 Å². The summed E-state index contributed by atoms with van der Waals surface area (Å²) < 4.78 is 5.70. The topological polar surface area (TPSA) is 112 Å². The van der Waals surface area contributed by atoms with Crippen molar-refractivity contribution in [2.75, 3.05) is 42.7 Å². The number of hydrogen-bond donors (Lipinski definition) is 2. The maximum absolute atomic E-state index is 13.2. The van der Waals surface area contributed by atoms with Crippen molar-refractivity contribution in [3.8, 4) is 0 Å². The third-order valence-electron chi connectivity index (χ3n) is 6.17. The van der Waals surface area contributed by atoms with Gasteiger partial charge in [-0.25, -0.2) is 14.6 Å². The Morgan fingerprint density at radius 1 is 1.35 bits per heavy atom. The zero-order valence-corrected chi connectivity index (χ0v) is 21.4. The number of carboxylic acid groups (broad SMARTS) is 1. The van der Waals surface area contributed by atoms with E-state index in [0.29, 0.717) is 42.0 Å². The lowest BCUT2D eigenvalue weighted by atomic mass is 9.81. The first-order valence-electron chi connectivity index (χ1n) is 10.6. The van der Waals surface area contributed by atoms with Crippen molar-refractivity contribution < 1.29 is 24.2 Å². The van der Waals surface area contributed by atoms with E-state index in [0.717, 1.165) is 15.5 Å². The lowest BCUT2D eigenvalue weighted by molar-refractivity contribution is -0.145. The molecule has 2 aromatic rings. The molecule has 12 heteroatoms. The molecule has 0 bridgehead atoms. The average Bonchev–Trinajstić information content (AvgIpc) is 3.50. The molecule has 2 N–H and O–H groups in total. The Morgan fingerprint density at radius 2 is 2.12 bits per heavy atom. The number of methoxy groups -OCH3 is 1. The number of amides is 3. The highest BCUT2D eigenvalue weighted by atomic mass is 35.5. The van der Waals surface area contributed by atoms with Crippen LogP contribution >= 0.6 is 34.7 Å². The molecule has 1 aromatic carbocycles. The van der Waals surface area contributed by atoms with Crippen molar-refractivity contribution in [1.29, 1.82) is 0 Å². The van der Waals surface area contributed by atoms with Crippen molar-refractivity contribution >= 4 is 63.6 Å². The van der Waals surface area contributed by atoms with E-state index in [4.69, 9.17) is 16.3 Å². The molecule has 9 nitrogen and oxygen atoms in total. The summed E-state index contributed by atoms with van der Waals surface area (Å²) in [6.07, 6.45) is 1.94. The number of nitrogens with one attached hydrogen (secondary N) is 1. The number of carbonyl (C=O) groups excluding carboxylic acids is 2. The van der Waals surface area contributed by atoms with Crippen LogP contribution in [0.1, 0.15) is 25.8 Å². The van der Waals surface area contributed by atoms with E-state index in [9.17, 15) is 19.5 Å². The third-order valence-corrected chi connectivity index (χ3v) is 8.97. The van der Waals surface area contributed by atoms with Gasteiger partial charge in [-0.3, -0.25) is 15.0 Å². The SMILES string of the molecule is COC(=O)N1CCC2(C1)CN(C(=O)Nc1ncc(SCC(C)(C)C(=O)O)s1)c1ccc(Cl)cc12. The van der Waals surface area contributed by atoms with Gasteiger partial charge in [-0.1, -0.05) is 22.9 Å². The number of ether oxygens (including phenoxy) is 1. The number of likely N-dealkylation sites (tertiary alicyclic amines) is 1. The summed E-state index contributed by atoms with van der Waals surface area (Å²) in [4.78, 5) is 44.2. The van der Waals surface area contributed by atoms with Crippen LogP contribution < -0.4 is 10.2 Å². The molecule has 1 saturated heterocycles. The van der Waals surface area contributed by atoms with Gasteiger partial charge in [0.25, 0.3) is 0 Å². The molecule has 34 heavy (non-hydrogen) atoms. The second kappa shape index (κ2) is 9.27. The summed E-state index contributed by atoms with van der Waals surface area (Å²) in [7, 11) is 1.36. The Morgan fingerprint density at radius 3 is 2.82 bits per heavy atom. The van der Waals surface area contributed by atoms with Gasteiger partial charge in [0, 0.05) is 41.5 Å². The van der Waals surface area contributed by atoms with Crippen molar-refractivity contribution in [2.45, 2.75) is 29.9 Å². The Kier molecular flexibility index (Phi) is 6.71. The second-order valence-corrected chi connectivity index (χ2v) is 11.8. The third kappa shape index (κ3) is 4.69. The molecule has 3 amide bonds. The predicted octanol–water partition coefficient (Wildman–Crippen LogP) is 4.76. The van der Waals surface area contributed by atoms with Crippen LogP contribution in [0.5, 0.6) is 0 Å². The van der Waals surface area contributed by atoms with E-state index in [1.807, 2.05) is 12.1 Å². The summed E-state index contributed by atoms with van der Waals surface area (Å²) in [5, 5.41) is 13.1. The number of hydrogen-bond acceptors (Lipinski definition) is 7. The molecule has 1 spiro atoms. The number of aromatic nitrogens is 1. The number of benzene rings is 1. The number of carbonyl (C=O) groups is 3. The van der Waals surface area contributed by atoms with Gasteiger partial charge in [0.1, 0.15) is 0 Å². The van der Waals surface area contributed by atoms with Crippen LogP contribution in [0.3, 0.4) is 0 Å². The van der Waals surface area contributed by atoms with Gasteiger partial charge in [-0.15, -0.1) is 11.8 Å². The monoisotopic (exact) mass is 524 g/mol. The minimum Gasteiger partial charge on any atom is -0.481 e. The smallest absolute Gasteiger partial charge is 0.409 e. The maximum Gasteiger partial charge on any atom is 0.409 e. The molecule has 4 rings (SSSR count). The van der Waals surface area contributed by atoms with Crippen LogP contribution in [0.4, 0.5) is 20.4 Å². The molecular formula is C22H25ClN4O5S2. The van der Waals surface area contributed by atoms with E-state index in [2.05, 4.69) is 10.3 Å². The van der Waals surface area contributed by atoms with Gasteiger partial charge in [-0.2, -0.15) is 0 Å². The zero-order chi connectivity index (χ0) is 24.7. The highest BCUT2D eigenvalue weighted by Gasteiger charge is 2.50. The molecule has 3 heterocycles. The molecular weight excluding hydrogens is 500 g/mol. The Bertz CT molecular complexity index is 1140. The number of carboxylic acids is 1. The minimum absolute atomic E-state index is 0.325. The van der Waals surface area contributed by atoms with Crippen molar-refractivity contribution in [2.24, 2.45) is 5.41 Å². The van der Waals surface area contributed by atoms with Crippen molar-refractivity contribution in [3.05, 3.63) is 35.0 Å². The first kappa shape index (κ1) is 24.6. The first-order chi connectivity index (χ1) is 16.0. The van der Waals surface area contributed by atoms with Crippen LogP contribution in [-0.4, -0.2) is 65.6 Å². The Balaban J connectivity index is 1.49. The lowest BCUT2D eigenvalue weighted by Crippen LogP contribution is -2.41. The number of rotatable bonds is 5. The summed E-state index contributed by atoms with van der Waals surface area (Å²) in [6.45, 7) is 4.72. The highest BCUT2D eigenvalue weighted by Crippen LogP contribution is 2.47. The van der Waals surface area contributed by atoms with Crippen LogP contribution in [-0.2, 0) is 14.9 Å². The number of halogens is 1. The van der Waals surface area contributed by atoms with Crippen molar-refractivity contribution in [1.82, 2.24) is 9.88 Å². The number of urea groups is 1. The van der Waals surface area contributed by atoms with Crippen LogP contribution in [0.2, 0.25) is 5.02 Å². The Labute approximate surface area is 210 Å². The van der Waals surface area contributed by atoms with Gasteiger partial charge in [-0.05, 0) is 44.0 Å². The number of thioether (sulfide) groups is 1. The van der Waals surface area contributed by atoms with Gasteiger partial charge in [0.05, 0.1) is 22.9 Å². The quantitative estimate of drug-likeness (QED) is 0.542. The zero-order valence-electron chi connectivity index (χ0n) is 19.0. The summed E-state index contributed by atoms with van der Waals surface area (Å²) >= 11 is 8.97. The number of anilines is 2.